The Morgan fingerprint density at radius 3 is 2.24 bits per heavy atom. The summed E-state index contributed by atoms with van der Waals surface area (Å²) < 4.78 is 41.6. The van der Waals surface area contributed by atoms with Crippen molar-refractivity contribution in [2.24, 2.45) is 4.99 Å². The smallest absolute Gasteiger partial charge is 0.405 e. The van der Waals surface area contributed by atoms with Crippen LogP contribution >= 0.6 is 0 Å². The summed E-state index contributed by atoms with van der Waals surface area (Å²) in [7, 11) is 4.93. The Labute approximate surface area is 167 Å². The number of aliphatic imine (C=N–C) groups is 1. The second-order valence-electron chi connectivity index (χ2n) is 6.33. The number of amides is 1. The maximum atomic E-state index is 12.5. The Balaban J connectivity index is 1.93. The van der Waals surface area contributed by atoms with Crippen molar-refractivity contribution in [1.82, 2.24) is 15.5 Å². The second kappa shape index (κ2) is 9.81. The minimum Gasteiger partial charge on any atom is -0.405 e. The highest BCUT2D eigenvalue weighted by Gasteiger charge is 2.31. The van der Waals surface area contributed by atoms with E-state index in [0.717, 1.165) is 5.56 Å². The summed E-state index contributed by atoms with van der Waals surface area (Å²) in [6.45, 7) is 0.527. The molecule has 2 aromatic carbocycles. The molecule has 0 fully saturated rings. The molecule has 0 bridgehead atoms. The van der Waals surface area contributed by atoms with Crippen LogP contribution in [-0.4, -0.2) is 44.3 Å². The quantitative estimate of drug-likeness (QED) is 0.569. The standard InChI is InChI=1S/C20H23F3N4O2/c1-24-19(25-12-14-8-10-15(11-9-14)18(28)27(2)3)26-13-16-6-4-5-7-17(16)29-20(21,22)23/h4-11H,12-13H2,1-3H3,(H2,24,25,26). The van der Waals surface area contributed by atoms with Crippen LogP contribution in [0.4, 0.5) is 13.2 Å². The molecule has 0 aliphatic carbocycles. The van der Waals surface area contributed by atoms with Gasteiger partial charge in [-0.25, -0.2) is 0 Å². The first-order valence-electron chi connectivity index (χ1n) is 8.78. The van der Waals surface area contributed by atoms with Crippen LogP contribution in [0.25, 0.3) is 0 Å². The lowest BCUT2D eigenvalue weighted by Gasteiger charge is -2.16. The molecule has 0 aliphatic rings. The lowest BCUT2D eigenvalue weighted by atomic mass is 10.1. The number of para-hydroxylation sites is 1. The van der Waals surface area contributed by atoms with Crippen LogP contribution in [0.2, 0.25) is 0 Å². The van der Waals surface area contributed by atoms with E-state index in [-0.39, 0.29) is 18.2 Å². The molecular formula is C20H23F3N4O2. The predicted octanol–water partition coefficient (Wildman–Crippen LogP) is 3.15. The fraction of sp³-hybridized carbons (Fsp3) is 0.300. The van der Waals surface area contributed by atoms with Crippen molar-refractivity contribution in [3.63, 3.8) is 0 Å². The number of alkyl halides is 3. The van der Waals surface area contributed by atoms with Gasteiger partial charge < -0.3 is 20.3 Å². The fourth-order valence-electron chi connectivity index (χ4n) is 2.48. The molecule has 0 saturated heterocycles. The average molecular weight is 408 g/mol. The Hall–Kier alpha value is -3.23. The zero-order valence-electron chi connectivity index (χ0n) is 16.4. The van der Waals surface area contributed by atoms with E-state index >= 15 is 0 Å². The van der Waals surface area contributed by atoms with Crippen molar-refractivity contribution in [1.29, 1.82) is 0 Å². The van der Waals surface area contributed by atoms with Gasteiger partial charge in [-0.3, -0.25) is 9.79 Å². The largest absolute Gasteiger partial charge is 0.573 e. The van der Waals surface area contributed by atoms with Crippen LogP contribution in [-0.2, 0) is 13.1 Å². The van der Waals surface area contributed by atoms with Gasteiger partial charge >= 0.3 is 6.36 Å². The molecule has 0 atom stereocenters. The van der Waals surface area contributed by atoms with Gasteiger partial charge in [-0.05, 0) is 23.8 Å². The Morgan fingerprint density at radius 2 is 1.66 bits per heavy atom. The molecule has 9 heteroatoms. The van der Waals surface area contributed by atoms with Gasteiger partial charge in [-0.1, -0.05) is 30.3 Å². The minimum atomic E-state index is -4.75. The molecule has 29 heavy (non-hydrogen) atoms. The predicted molar refractivity (Wildman–Crippen MR) is 105 cm³/mol. The van der Waals surface area contributed by atoms with Crippen LogP contribution in [0.5, 0.6) is 5.75 Å². The van der Waals surface area contributed by atoms with Gasteiger partial charge in [-0.15, -0.1) is 13.2 Å². The van der Waals surface area contributed by atoms with Crippen LogP contribution in [0, 0.1) is 0 Å². The van der Waals surface area contributed by atoms with Crippen molar-refractivity contribution >= 4 is 11.9 Å². The van der Waals surface area contributed by atoms with Crippen LogP contribution in [0.3, 0.4) is 0 Å². The summed E-state index contributed by atoms with van der Waals surface area (Å²) >= 11 is 0. The molecule has 0 aromatic heterocycles. The zero-order valence-corrected chi connectivity index (χ0v) is 16.4. The summed E-state index contributed by atoms with van der Waals surface area (Å²) in [6.07, 6.45) is -4.75. The van der Waals surface area contributed by atoms with Crippen LogP contribution < -0.4 is 15.4 Å². The average Bonchev–Trinajstić information content (AvgIpc) is 2.68. The molecule has 0 unspecified atom stereocenters. The van der Waals surface area contributed by atoms with E-state index in [1.807, 2.05) is 12.1 Å². The molecule has 2 aromatic rings. The molecule has 2 rings (SSSR count). The summed E-state index contributed by atoms with van der Waals surface area (Å²) in [6, 6.07) is 13.0. The SMILES string of the molecule is CN=C(NCc1ccc(C(=O)N(C)C)cc1)NCc1ccccc1OC(F)(F)F. The van der Waals surface area contributed by atoms with Crippen molar-refractivity contribution in [3.05, 3.63) is 65.2 Å². The van der Waals surface area contributed by atoms with Crippen molar-refractivity contribution in [2.45, 2.75) is 19.5 Å². The maximum absolute atomic E-state index is 12.5. The summed E-state index contributed by atoms with van der Waals surface area (Å²) in [5.74, 6) is 0.0751. The highest BCUT2D eigenvalue weighted by molar-refractivity contribution is 5.93. The minimum absolute atomic E-state index is 0.0817. The van der Waals surface area contributed by atoms with Crippen LogP contribution in [0.1, 0.15) is 21.5 Å². The molecule has 0 saturated carbocycles. The number of hydrogen-bond donors (Lipinski definition) is 2. The van der Waals surface area contributed by atoms with E-state index < -0.39 is 6.36 Å². The van der Waals surface area contributed by atoms with E-state index in [2.05, 4.69) is 20.4 Å². The van der Waals surface area contributed by atoms with Gasteiger partial charge in [-0.2, -0.15) is 0 Å². The first kappa shape index (κ1) is 22.1. The van der Waals surface area contributed by atoms with E-state index in [0.29, 0.717) is 23.6 Å². The number of ether oxygens (including phenoxy) is 1. The van der Waals surface area contributed by atoms with E-state index in [1.165, 1.54) is 17.0 Å². The van der Waals surface area contributed by atoms with Gasteiger partial charge in [0.05, 0.1) is 0 Å². The fourth-order valence-corrected chi connectivity index (χ4v) is 2.48. The third kappa shape index (κ3) is 7.02. The van der Waals surface area contributed by atoms with Gasteiger partial charge in [0.25, 0.3) is 5.91 Å². The molecule has 1 amide bonds. The maximum Gasteiger partial charge on any atom is 0.573 e. The van der Waals surface area contributed by atoms with Crippen molar-refractivity contribution in [2.75, 3.05) is 21.1 Å². The summed E-state index contributed by atoms with van der Waals surface area (Å²) in [4.78, 5) is 17.5. The number of halogens is 3. The highest BCUT2D eigenvalue weighted by Crippen LogP contribution is 2.26. The number of benzene rings is 2. The molecular weight excluding hydrogens is 385 g/mol. The van der Waals surface area contributed by atoms with Gasteiger partial charge in [0.2, 0.25) is 0 Å². The van der Waals surface area contributed by atoms with Gasteiger partial charge in [0.1, 0.15) is 5.75 Å². The number of carbonyl (C=O) groups is 1. The Morgan fingerprint density at radius 1 is 1.03 bits per heavy atom. The summed E-state index contributed by atoms with van der Waals surface area (Å²) in [5, 5.41) is 6.03. The lowest BCUT2D eigenvalue weighted by Crippen LogP contribution is -2.36. The third-order valence-corrected chi connectivity index (χ3v) is 3.94. The van der Waals surface area contributed by atoms with Gasteiger partial charge in [0, 0.05) is 45.4 Å². The molecule has 2 N–H and O–H groups in total. The van der Waals surface area contributed by atoms with Crippen LogP contribution in [0.15, 0.2) is 53.5 Å². The Kier molecular flexibility index (Phi) is 7.46. The number of rotatable bonds is 6. The number of nitrogens with zero attached hydrogens (tertiary/aromatic N) is 2. The normalized spacial score (nSPS) is 11.7. The number of nitrogens with one attached hydrogen (secondary N) is 2. The highest BCUT2D eigenvalue weighted by atomic mass is 19.4. The summed E-state index contributed by atoms with van der Waals surface area (Å²) in [5.41, 5.74) is 1.85. The topological polar surface area (TPSA) is 66.0 Å². The number of hydrogen-bond acceptors (Lipinski definition) is 3. The molecule has 0 heterocycles. The van der Waals surface area contributed by atoms with Gasteiger partial charge in [0.15, 0.2) is 5.96 Å². The van der Waals surface area contributed by atoms with E-state index in [1.54, 1.807) is 45.4 Å². The van der Waals surface area contributed by atoms with Crippen molar-refractivity contribution < 1.29 is 22.7 Å². The monoisotopic (exact) mass is 408 g/mol. The second-order valence-corrected chi connectivity index (χ2v) is 6.33. The molecule has 156 valence electrons. The number of guanidine groups is 1. The van der Waals surface area contributed by atoms with E-state index in [4.69, 9.17) is 0 Å². The Bertz CT molecular complexity index is 850. The number of carbonyl (C=O) groups excluding carboxylic acids is 1. The van der Waals surface area contributed by atoms with E-state index in [9.17, 15) is 18.0 Å². The molecule has 0 radical (unpaired) electrons. The molecule has 6 nitrogen and oxygen atoms in total. The lowest BCUT2D eigenvalue weighted by molar-refractivity contribution is -0.274. The van der Waals surface area contributed by atoms with Crippen molar-refractivity contribution in [3.8, 4) is 5.75 Å². The molecule has 0 spiro atoms. The third-order valence-electron chi connectivity index (χ3n) is 3.94. The zero-order chi connectivity index (χ0) is 21.4. The molecule has 0 aliphatic heterocycles. The first-order chi connectivity index (χ1) is 13.7. The first-order valence-corrected chi connectivity index (χ1v) is 8.78.